The van der Waals surface area contributed by atoms with Crippen molar-refractivity contribution >= 4 is 23.1 Å². The predicted octanol–water partition coefficient (Wildman–Crippen LogP) is 3.74. The monoisotopic (exact) mass is 334 g/mol. The number of aryl methyl sites for hydroxylation is 3. The summed E-state index contributed by atoms with van der Waals surface area (Å²) in [4.78, 5) is 26.5. The van der Waals surface area contributed by atoms with Crippen molar-refractivity contribution < 1.29 is 9.59 Å². The highest BCUT2D eigenvalue weighted by molar-refractivity contribution is 6.36. The molecule has 0 spiro atoms. The SMILES string of the molecule is Cc1ccc(C2=C(Nc3cccc(C)c3C)C(=O)N(C)C2=O)c(C)c1. The molecule has 4 heteroatoms. The molecule has 0 aliphatic carbocycles. The van der Waals surface area contributed by atoms with E-state index in [1.807, 2.05) is 64.1 Å². The van der Waals surface area contributed by atoms with E-state index in [1.54, 1.807) is 0 Å². The molecule has 0 saturated heterocycles. The Labute approximate surface area is 148 Å². The summed E-state index contributed by atoms with van der Waals surface area (Å²) in [5.41, 5.74) is 6.70. The van der Waals surface area contributed by atoms with Crippen LogP contribution in [0.5, 0.6) is 0 Å². The summed E-state index contributed by atoms with van der Waals surface area (Å²) < 4.78 is 0. The van der Waals surface area contributed by atoms with Crippen LogP contribution in [-0.4, -0.2) is 23.8 Å². The number of benzene rings is 2. The summed E-state index contributed by atoms with van der Waals surface area (Å²) in [6, 6.07) is 11.8. The molecule has 2 amide bonds. The van der Waals surface area contributed by atoms with Gasteiger partial charge in [0.25, 0.3) is 11.8 Å². The van der Waals surface area contributed by atoms with E-state index in [4.69, 9.17) is 0 Å². The maximum atomic E-state index is 12.7. The maximum absolute atomic E-state index is 12.7. The average Bonchev–Trinajstić information content (AvgIpc) is 2.77. The van der Waals surface area contributed by atoms with E-state index in [1.165, 1.54) is 11.9 Å². The van der Waals surface area contributed by atoms with Gasteiger partial charge in [-0.3, -0.25) is 14.5 Å². The van der Waals surface area contributed by atoms with Crippen molar-refractivity contribution in [1.29, 1.82) is 0 Å². The first-order valence-electron chi connectivity index (χ1n) is 8.28. The Kier molecular flexibility index (Phi) is 4.21. The van der Waals surface area contributed by atoms with Gasteiger partial charge in [0, 0.05) is 12.7 Å². The molecule has 3 rings (SSSR count). The maximum Gasteiger partial charge on any atom is 0.277 e. The largest absolute Gasteiger partial charge is 0.350 e. The first-order valence-corrected chi connectivity index (χ1v) is 8.28. The fourth-order valence-corrected chi connectivity index (χ4v) is 3.12. The van der Waals surface area contributed by atoms with Crippen LogP contribution in [0.25, 0.3) is 5.57 Å². The molecule has 0 fully saturated rings. The Morgan fingerprint density at radius 1 is 0.880 bits per heavy atom. The standard InChI is InChI=1S/C21H22N2O2/c1-12-9-10-16(14(3)11-12)18-19(21(25)23(5)20(18)24)22-17-8-6-7-13(2)15(17)4/h6-11,22H,1-5H3. The Hall–Kier alpha value is -2.88. The third kappa shape index (κ3) is 2.84. The number of hydrogen-bond acceptors (Lipinski definition) is 3. The number of amides is 2. The topological polar surface area (TPSA) is 49.4 Å². The molecular weight excluding hydrogens is 312 g/mol. The van der Waals surface area contributed by atoms with Crippen molar-refractivity contribution in [1.82, 2.24) is 4.90 Å². The molecule has 1 aliphatic rings. The third-order valence-corrected chi connectivity index (χ3v) is 4.80. The quantitative estimate of drug-likeness (QED) is 0.870. The van der Waals surface area contributed by atoms with Crippen LogP contribution in [0.4, 0.5) is 5.69 Å². The first kappa shape index (κ1) is 17.0. The molecule has 0 saturated carbocycles. The minimum Gasteiger partial charge on any atom is -0.350 e. The molecule has 0 atom stereocenters. The van der Waals surface area contributed by atoms with E-state index < -0.39 is 0 Å². The van der Waals surface area contributed by atoms with Crippen LogP contribution < -0.4 is 5.32 Å². The molecule has 4 nitrogen and oxygen atoms in total. The lowest BCUT2D eigenvalue weighted by Crippen LogP contribution is -2.28. The predicted molar refractivity (Wildman–Crippen MR) is 100 cm³/mol. The zero-order chi connectivity index (χ0) is 18.3. The average molecular weight is 334 g/mol. The minimum absolute atomic E-state index is 0.273. The summed E-state index contributed by atoms with van der Waals surface area (Å²) >= 11 is 0. The smallest absolute Gasteiger partial charge is 0.277 e. The van der Waals surface area contributed by atoms with Gasteiger partial charge in [-0.15, -0.1) is 0 Å². The number of anilines is 1. The third-order valence-electron chi connectivity index (χ3n) is 4.80. The number of rotatable bonds is 3. The molecule has 0 aromatic heterocycles. The van der Waals surface area contributed by atoms with E-state index in [0.29, 0.717) is 11.3 Å². The number of hydrogen-bond donors (Lipinski definition) is 1. The van der Waals surface area contributed by atoms with Crippen molar-refractivity contribution in [2.45, 2.75) is 27.7 Å². The van der Waals surface area contributed by atoms with E-state index in [9.17, 15) is 9.59 Å². The number of nitrogens with zero attached hydrogens (tertiary/aromatic N) is 1. The molecule has 2 aromatic rings. The molecule has 25 heavy (non-hydrogen) atoms. The van der Waals surface area contributed by atoms with Crippen LogP contribution in [0.2, 0.25) is 0 Å². The van der Waals surface area contributed by atoms with Crippen LogP contribution in [0.1, 0.15) is 27.8 Å². The Morgan fingerprint density at radius 3 is 2.28 bits per heavy atom. The Bertz CT molecular complexity index is 925. The first-order chi connectivity index (χ1) is 11.8. The van der Waals surface area contributed by atoms with Gasteiger partial charge in [0.15, 0.2) is 0 Å². The van der Waals surface area contributed by atoms with Gasteiger partial charge in [-0.05, 0) is 56.0 Å². The highest BCUT2D eigenvalue weighted by atomic mass is 16.2. The Balaban J connectivity index is 2.17. The second kappa shape index (κ2) is 6.20. The fourth-order valence-electron chi connectivity index (χ4n) is 3.12. The molecular formula is C21H22N2O2. The van der Waals surface area contributed by atoms with Crippen LogP contribution in [0, 0.1) is 27.7 Å². The van der Waals surface area contributed by atoms with Gasteiger partial charge in [-0.1, -0.05) is 35.9 Å². The van der Waals surface area contributed by atoms with E-state index in [0.717, 1.165) is 33.5 Å². The van der Waals surface area contributed by atoms with Crippen molar-refractivity contribution in [2.24, 2.45) is 0 Å². The molecule has 0 unspecified atom stereocenters. The van der Waals surface area contributed by atoms with Gasteiger partial charge in [0.1, 0.15) is 5.70 Å². The van der Waals surface area contributed by atoms with Gasteiger partial charge >= 0.3 is 0 Å². The minimum atomic E-state index is -0.305. The molecule has 128 valence electrons. The summed E-state index contributed by atoms with van der Waals surface area (Å²) in [7, 11) is 1.52. The fraction of sp³-hybridized carbons (Fsp3) is 0.238. The van der Waals surface area contributed by atoms with Crippen LogP contribution in [0.3, 0.4) is 0 Å². The lowest BCUT2D eigenvalue weighted by molar-refractivity contribution is -0.135. The van der Waals surface area contributed by atoms with E-state index in [-0.39, 0.29) is 11.8 Å². The van der Waals surface area contributed by atoms with Crippen molar-refractivity contribution in [3.63, 3.8) is 0 Å². The van der Waals surface area contributed by atoms with E-state index >= 15 is 0 Å². The lowest BCUT2D eigenvalue weighted by Gasteiger charge is -2.13. The number of nitrogens with one attached hydrogen (secondary N) is 1. The highest BCUT2D eigenvalue weighted by Gasteiger charge is 2.37. The molecule has 1 aliphatic heterocycles. The van der Waals surface area contributed by atoms with E-state index in [2.05, 4.69) is 5.32 Å². The van der Waals surface area contributed by atoms with Gasteiger partial charge in [0.2, 0.25) is 0 Å². The van der Waals surface area contributed by atoms with Crippen LogP contribution in [-0.2, 0) is 9.59 Å². The second-order valence-electron chi connectivity index (χ2n) is 6.61. The van der Waals surface area contributed by atoms with Crippen LogP contribution in [0.15, 0.2) is 42.1 Å². The summed E-state index contributed by atoms with van der Waals surface area (Å²) in [5.74, 6) is -0.578. The summed E-state index contributed by atoms with van der Waals surface area (Å²) in [5, 5.41) is 3.22. The molecule has 2 aromatic carbocycles. The number of carbonyl (C=O) groups excluding carboxylic acids is 2. The molecule has 0 bridgehead atoms. The van der Waals surface area contributed by atoms with Gasteiger partial charge in [0.05, 0.1) is 5.57 Å². The molecule has 0 radical (unpaired) electrons. The molecule has 1 heterocycles. The Morgan fingerprint density at radius 2 is 1.60 bits per heavy atom. The van der Waals surface area contributed by atoms with Gasteiger partial charge in [-0.2, -0.15) is 0 Å². The zero-order valence-corrected chi connectivity index (χ0v) is 15.2. The van der Waals surface area contributed by atoms with Gasteiger partial charge < -0.3 is 5.32 Å². The van der Waals surface area contributed by atoms with Crippen molar-refractivity contribution in [3.8, 4) is 0 Å². The number of imide groups is 1. The van der Waals surface area contributed by atoms with Crippen LogP contribution >= 0.6 is 0 Å². The van der Waals surface area contributed by atoms with Crippen molar-refractivity contribution in [3.05, 3.63) is 69.9 Å². The highest BCUT2D eigenvalue weighted by Crippen LogP contribution is 2.32. The summed E-state index contributed by atoms with van der Waals surface area (Å²) in [6.45, 7) is 7.99. The number of carbonyl (C=O) groups is 2. The number of likely N-dealkylation sites (N-methyl/N-ethyl adjacent to an activating group) is 1. The second-order valence-corrected chi connectivity index (χ2v) is 6.61. The lowest BCUT2D eigenvalue weighted by atomic mass is 9.97. The zero-order valence-electron chi connectivity index (χ0n) is 15.2. The van der Waals surface area contributed by atoms with Crippen molar-refractivity contribution in [2.75, 3.05) is 12.4 Å². The van der Waals surface area contributed by atoms with Gasteiger partial charge in [-0.25, -0.2) is 0 Å². The molecule has 1 N–H and O–H groups in total. The normalized spacial score (nSPS) is 14.5. The summed E-state index contributed by atoms with van der Waals surface area (Å²) in [6.07, 6.45) is 0.